The molecule has 3 N–H and O–H groups in total. The Hall–Kier alpha value is -3.61. The monoisotopic (exact) mass is 472 g/mol. The lowest BCUT2D eigenvalue weighted by molar-refractivity contribution is -0.133. The van der Waals surface area contributed by atoms with E-state index in [-0.39, 0.29) is 29.7 Å². The largest absolute Gasteiger partial charge is 0.356 e. The molecule has 182 valence electrons. The van der Waals surface area contributed by atoms with Crippen molar-refractivity contribution in [3.8, 4) is 0 Å². The van der Waals surface area contributed by atoms with Gasteiger partial charge in [0.15, 0.2) is 0 Å². The Morgan fingerprint density at radius 2 is 1.86 bits per heavy atom. The van der Waals surface area contributed by atoms with E-state index in [9.17, 15) is 14.4 Å². The molecule has 2 aliphatic heterocycles. The molecule has 2 aromatic carbocycles. The number of hydrogen-bond donors (Lipinski definition) is 3. The lowest BCUT2D eigenvalue weighted by Gasteiger charge is -2.38. The van der Waals surface area contributed by atoms with E-state index in [1.165, 1.54) is 0 Å². The molecule has 3 amide bonds. The molecule has 0 saturated carbocycles. The van der Waals surface area contributed by atoms with Gasteiger partial charge in [0, 0.05) is 35.1 Å². The number of fused-ring (bicyclic) bond motifs is 7. The summed E-state index contributed by atoms with van der Waals surface area (Å²) < 4.78 is 0. The van der Waals surface area contributed by atoms with Gasteiger partial charge in [0.1, 0.15) is 12.1 Å². The smallest absolute Gasteiger partial charge is 0.255 e. The molecule has 0 saturated heterocycles. The van der Waals surface area contributed by atoms with E-state index in [0.717, 1.165) is 40.6 Å². The molecule has 7 nitrogen and oxygen atoms in total. The molecule has 0 fully saturated rings. The SMILES string of the molecule is CCCNC(=O)[C@@H](NC(=O)[C@@H]1Cc2c([nH]c3ccccc23)[C@@H]2c3ccccc3C(=O)N21)[C@H](C)CC. The van der Waals surface area contributed by atoms with Crippen LogP contribution in [0.4, 0.5) is 0 Å². The Labute approximate surface area is 205 Å². The Balaban J connectivity index is 1.55. The quantitative estimate of drug-likeness (QED) is 0.489. The van der Waals surface area contributed by atoms with Crippen molar-refractivity contribution in [2.24, 2.45) is 5.92 Å². The molecule has 0 aliphatic carbocycles. The first-order chi connectivity index (χ1) is 17.0. The number of carbonyl (C=O) groups is 3. The zero-order valence-electron chi connectivity index (χ0n) is 20.4. The first kappa shape index (κ1) is 23.1. The van der Waals surface area contributed by atoms with Gasteiger partial charge in [-0.3, -0.25) is 14.4 Å². The summed E-state index contributed by atoms with van der Waals surface area (Å²) in [6, 6.07) is 13.9. The number of aromatic amines is 1. The first-order valence-corrected chi connectivity index (χ1v) is 12.5. The average Bonchev–Trinajstić information content (AvgIpc) is 3.40. The first-order valence-electron chi connectivity index (χ1n) is 12.5. The minimum absolute atomic E-state index is 0.0367. The normalized spacial score (nSPS) is 20.1. The van der Waals surface area contributed by atoms with E-state index >= 15 is 0 Å². The lowest BCUT2D eigenvalue weighted by Crippen LogP contribution is -2.58. The van der Waals surface area contributed by atoms with Crippen LogP contribution in [-0.2, 0) is 16.0 Å². The predicted molar refractivity (Wildman–Crippen MR) is 135 cm³/mol. The average molecular weight is 473 g/mol. The van der Waals surface area contributed by atoms with Crippen molar-refractivity contribution in [2.45, 2.75) is 58.2 Å². The third kappa shape index (κ3) is 3.79. The maximum absolute atomic E-state index is 13.8. The van der Waals surface area contributed by atoms with Crippen LogP contribution in [0.3, 0.4) is 0 Å². The van der Waals surface area contributed by atoms with Crippen LogP contribution in [0.25, 0.3) is 10.9 Å². The van der Waals surface area contributed by atoms with Crippen molar-refractivity contribution in [3.05, 3.63) is 70.9 Å². The highest BCUT2D eigenvalue weighted by Crippen LogP contribution is 2.46. The van der Waals surface area contributed by atoms with Crippen LogP contribution < -0.4 is 10.6 Å². The van der Waals surface area contributed by atoms with Crippen molar-refractivity contribution < 1.29 is 14.4 Å². The number of H-pyrrole nitrogens is 1. The molecular formula is C28H32N4O3. The maximum atomic E-state index is 13.8. The summed E-state index contributed by atoms with van der Waals surface area (Å²) in [5, 5.41) is 7.01. The fourth-order valence-corrected chi connectivity index (χ4v) is 5.45. The fourth-order valence-electron chi connectivity index (χ4n) is 5.45. The Kier molecular flexibility index (Phi) is 6.09. The molecule has 35 heavy (non-hydrogen) atoms. The highest BCUT2D eigenvalue weighted by molar-refractivity contribution is 6.04. The van der Waals surface area contributed by atoms with Crippen LogP contribution >= 0.6 is 0 Å². The predicted octanol–water partition coefficient (Wildman–Crippen LogP) is 3.69. The third-order valence-electron chi connectivity index (χ3n) is 7.50. The summed E-state index contributed by atoms with van der Waals surface area (Å²) in [6.45, 7) is 6.53. The van der Waals surface area contributed by atoms with Crippen molar-refractivity contribution >= 4 is 28.6 Å². The molecule has 3 heterocycles. The highest BCUT2D eigenvalue weighted by atomic mass is 16.2. The Morgan fingerprint density at radius 1 is 1.11 bits per heavy atom. The van der Waals surface area contributed by atoms with Crippen LogP contribution in [0.5, 0.6) is 0 Å². The second kappa shape index (κ2) is 9.21. The molecule has 5 rings (SSSR count). The summed E-state index contributed by atoms with van der Waals surface area (Å²) >= 11 is 0. The van der Waals surface area contributed by atoms with Gasteiger partial charge >= 0.3 is 0 Å². The number of rotatable bonds is 7. The molecule has 0 bridgehead atoms. The van der Waals surface area contributed by atoms with Crippen LogP contribution in [0.2, 0.25) is 0 Å². The van der Waals surface area contributed by atoms with Crippen molar-refractivity contribution in [1.82, 2.24) is 20.5 Å². The second-order valence-electron chi connectivity index (χ2n) is 9.65. The van der Waals surface area contributed by atoms with E-state index in [1.807, 2.05) is 63.2 Å². The zero-order chi connectivity index (χ0) is 24.7. The third-order valence-corrected chi connectivity index (χ3v) is 7.50. The van der Waals surface area contributed by atoms with Crippen LogP contribution in [-0.4, -0.2) is 46.2 Å². The van der Waals surface area contributed by atoms with E-state index in [2.05, 4.69) is 21.7 Å². The van der Waals surface area contributed by atoms with Crippen LogP contribution in [0.15, 0.2) is 48.5 Å². The summed E-state index contributed by atoms with van der Waals surface area (Å²) in [7, 11) is 0. The Morgan fingerprint density at radius 3 is 2.63 bits per heavy atom. The van der Waals surface area contributed by atoms with Gasteiger partial charge in [0.2, 0.25) is 11.8 Å². The van der Waals surface area contributed by atoms with Gasteiger partial charge in [-0.05, 0) is 35.6 Å². The molecule has 2 aliphatic rings. The van der Waals surface area contributed by atoms with E-state index in [4.69, 9.17) is 0 Å². The number of carbonyl (C=O) groups excluding carboxylic acids is 3. The van der Waals surface area contributed by atoms with Gasteiger partial charge in [-0.25, -0.2) is 0 Å². The summed E-state index contributed by atoms with van der Waals surface area (Å²) in [4.78, 5) is 45.5. The van der Waals surface area contributed by atoms with Crippen molar-refractivity contribution in [1.29, 1.82) is 0 Å². The number of aromatic nitrogens is 1. The number of para-hydroxylation sites is 1. The number of amides is 3. The molecule has 0 radical (unpaired) electrons. The van der Waals surface area contributed by atoms with Gasteiger partial charge in [0.05, 0.1) is 6.04 Å². The molecule has 7 heteroatoms. The van der Waals surface area contributed by atoms with Crippen molar-refractivity contribution in [2.75, 3.05) is 6.54 Å². The molecular weight excluding hydrogens is 440 g/mol. The minimum Gasteiger partial charge on any atom is -0.356 e. The topological polar surface area (TPSA) is 94.3 Å². The van der Waals surface area contributed by atoms with E-state index in [1.54, 1.807) is 4.90 Å². The summed E-state index contributed by atoms with van der Waals surface area (Å²) in [5.41, 5.74) is 4.55. The molecule has 0 spiro atoms. The molecule has 3 aromatic rings. The molecule has 4 atom stereocenters. The van der Waals surface area contributed by atoms with Gasteiger partial charge in [-0.15, -0.1) is 0 Å². The van der Waals surface area contributed by atoms with Gasteiger partial charge < -0.3 is 20.5 Å². The number of hydrogen-bond acceptors (Lipinski definition) is 3. The van der Waals surface area contributed by atoms with Gasteiger partial charge in [-0.2, -0.15) is 0 Å². The summed E-state index contributed by atoms with van der Waals surface area (Å²) in [6.07, 6.45) is 1.96. The van der Waals surface area contributed by atoms with E-state index in [0.29, 0.717) is 18.5 Å². The molecule has 0 unspecified atom stereocenters. The van der Waals surface area contributed by atoms with Gasteiger partial charge in [-0.1, -0.05) is 63.6 Å². The number of nitrogens with one attached hydrogen (secondary N) is 3. The molecule has 1 aromatic heterocycles. The van der Waals surface area contributed by atoms with Crippen LogP contribution in [0, 0.1) is 5.92 Å². The minimum atomic E-state index is -0.711. The Bertz CT molecular complexity index is 1300. The van der Waals surface area contributed by atoms with Crippen LogP contribution in [0.1, 0.15) is 66.8 Å². The standard InChI is InChI=1S/C28H32N4O3/c1-4-14-29-27(34)23(16(3)5-2)31-26(33)22-15-20-17-10-8-9-13-21(17)30-24(20)25-18-11-6-7-12-19(18)28(35)32(22)25/h6-13,16,22-23,25,30H,4-5,14-15H2,1-3H3,(H,29,34)(H,31,33)/t16-,22+,23+,25+/m1/s1. The zero-order valence-corrected chi connectivity index (χ0v) is 20.4. The maximum Gasteiger partial charge on any atom is 0.255 e. The van der Waals surface area contributed by atoms with Gasteiger partial charge in [0.25, 0.3) is 5.91 Å². The summed E-state index contributed by atoms with van der Waals surface area (Å²) in [5.74, 6) is -0.648. The second-order valence-corrected chi connectivity index (χ2v) is 9.65. The van der Waals surface area contributed by atoms with Crippen molar-refractivity contribution in [3.63, 3.8) is 0 Å². The highest BCUT2D eigenvalue weighted by Gasteiger charge is 2.49. The number of nitrogens with zero attached hydrogens (tertiary/aromatic N) is 1. The van der Waals surface area contributed by atoms with E-state index < -0.39 is 12.1 Å². The fraction of sp³-hybridized carbons (Fsp3) is 0.393. The number of benzene rings is 2. The lowest BCUT2D eigenvalue weighted by atomic mass is 9.89.